The van der Waals surface area contributed by atoms with Crippen molar-refractivity contribution >= 4 is 46.6 Å². The van der Waals surface area contributed by atoms with E-state index >= 15 is 0 Å². The van der Waals surface area contributed by atoms with Crippen LogP contribution in [0.1, 0.15) is 10.4 Å². The Morgan fingerprint density at radius 3 is 2.44 bits per heavy atom. The van der Waals surface area contributed by atoms with Crippen LogP contribution in [-0.2, 0) is 4.79 Å². The zero-order valence-corrected chi connectivity index (χ0v) is 15.2. The van der Waals surface area contributed by atoms with E-state index in [2.05, 4.69) is 10.9 Å². The third-order valence-corrected chi connectivity index (χ3v) is 3.96. The maximum atomic E-state index is 12.1. The topological polar surface area (TPSA) is 76.7 Å². The van der Waals surface area contributed by atoms with Crippen molar-refractivity contribution in [3.8, 4) is 11.5 Å². The Labute approximate surface area is 158 Å². The largest absolute Gasteiger partial charge is 0.496 e. The van der Waals surface area contributed by atoms with E-state index in [4.69, 9.17) is 44.3 Å². The third kappa shape index (κ3) is 5.42. The highest BCUT2D eigenvalue weighted by Gasteiger charge is 2.14. The number of carbonyl (C=O) groups is 2. The Morgan fingerprint density at radius 1 is 1.00 bits per heavy atom. The molecule has 0 unspecified atom stereocenters. The van der Waals surface area contributed by atoms with Crippen molar-refractivity contribution in [1.82, 2.24) is 10.9 Å². The van der Waals surface area contributed by atoms with Gasteiger partial charge in [0.25, 0.3) is 11.8 Å². The number of benzene rings is 2. The van der Waals surface area contributed by atoms with Gasteiger partial charge in [-0.1, -0.05) is 34.8 Å². The highest BCUT2D eigenvalue weighted by molar-refractivity contribution is 6.42. The Kier molecular flexibility index (Phi) is 6.75. The zero-order chi connectivity index (χ0) is 18.4. The van der Waals surface area contributed by atoms with Gasteiger partial charge in [0, 0.05) is 11.1 Å². The van der Waals surface area contributed by atoms with Crippen molar-refractivity contribution in [3.05, 3.63) is 57.0 Å². The predicted molar refractivity (Wildman–Crippen MR) is 95.6 cm³/mol. The molecule has 0 spiro atoms. The quantitative estimate of drug-likeness (QED) is 0.749. The molecule has 0 atom stereocenters. The van der Waals surface area contributed by atoms with Crippen LogP contribution in [0.4, 0.5) is 0 Å². The lowest BCUT2D eigenvalue weighted by molar-refractivity contribution is -0.123. The zero-order valence-electron chi connectivity index (χ0n) is 12.9. The van der Waals surface area contributed by atoms with Crippen molar-refractivity contribution in [2.75, 3.05) is 13.7 Å². The minimum absolute atomic E-state index is 0.181. The Morgan fingerprint density at radius 2 is 1.76 bits per heavy atom. The number of hydrogen-bond donors (Lipinski definition) is 2. The second kappa shape index (κ2) is 8.80. The summed E-state index contributed by atoms with van der Waals surface area (Å²) in [5, 5.41) is 1.04. The molecule has 2 amide bonds. The van der Waals surface area contributed by atoms with E-state index < -0.39 is 11.8 Å². The van der Waals surface area contributed by atoms with Gasteiger partial charge in [-0.25, -0.2) is 0 Å². The summed E-state index contributed by atoms with van der Waals surface area (Å²) in [5.41, 5.74) is 4.66. The molecule has 2 N–H and O–H groups in total. The second-order valence-electron chi connectivity index (χ2n) is 4.71. The molecule has 2 rings (SSSR count). The first kappa shape index (κ1) is 19.2. The fraction of sp³-hybridized carbons (Fsp3) is 0.125. The van der Waals surface area contributed by atoms with Gasteiger partial charge in [-0.05, 0) is 30.3 Å². The van der Waals surface area contributed by atoms with Crippen LogP contribution in [0, 0.1) is 0 Å². The molecular formula is C16H13Cl3N2O4. The lowest BCUT2D eigenvalue weighted by Gasteiger charge is -2.11. The molecule has 0 saturated carbocycles. The van der Waals surface area contributed by atoms with Crippen LogP contribution in [0.25, 0.3) is 0 Å². The third-order valence-electron chi connectivity index (χ3n) is 2.98. The number of carbonyl (C=O) groups excluding carboxylic acids is 2. The lowest BCUT2D eigenvalue weighted by Crippen LogP contribution is -2.43. The number of amides is 2. The first-order chi connectivity index (χ1) is 11.9. The smallest absolute Gasteiger partial charge is 0.276 e. The van der Waals surface area contributed by atoms with Gasteiger partial charge in [0.2, 0.25) is 0 Å². The van der Waals surface area contributed by atoms with E-state index in [1.165, 1.54) is 19.2 Å². The number of ether oxygens (including phenoxy) is 2. The molecule has 0 saturated heterocycles. The minimum atomic E-state index is -0.581. The van der Waals surface area contributed by atoms with E-state index in [9.17, 15) is 9.59 Å². The summed E-state index contributed by atoms with van der Waals surface area (Å²) in [6, 6.07) is 9.15. The molecule has 0 radical (unpaired) electrons. The van der Waals surface area contributed by atoms with Crippen molar-refractivity contribution in [2.24, 2.45) is 0 Å². The van der Waals surface area contributed by atoms with Crippen LogP contribution in [0.5, 0.6) is 11.5 Å². The molecule has 0 aliphatic rings. The first-order valence-electron chi connectivity index (χ1n) is 6.91. The molecule has 25 heavy (non-hydrogen) atoms. The van der Waals surface area contributed by atoms with Crippen LogP contribution < -0.4 is 20.3 Å². The van der Waals surface area contributed by atoms with Gasteiger partial charge in [-0.3, -0.25) is 20.4 Å². The summed E-state index contributed by atoms with van der Waals surface area (Å²) in [6.07, 6.45) is 0. The molecule has 0 aliphatic carbocycles. The van der Waals surface area contributed by atoms with E-state index in [1.54, 1.807) is 24.3 Å². The number of nitrogens with one attached hydrogen (secondary N) is 2. The molecule has 132 valence electrons. The number of rotatable bonds is 5. The molecule has 2 aromatic carbocycles. The summed E-state index contributed by atoms with van der Waals surface area (Å²) in [7, 11) is 1.42. The van der Waals surface area contributed by atoms with Crippen LogP contribution >= 0.6 is 34.8 Å². The van der Waals surface area contributed by atoms with Gasteiger partial charge < -0.3 is 9.47 Å². The fourth-order valence-electron chi connectivity index (χ4n) is 1.80. The Bertz CT molecular complexity index is 799. The van der Waals surface area contributed by atoms with Gasteiger partial charge in [0.1, 0.15) is 11.5 Å². The standard InChI is InChI=1S/C16H13Cl3N2O4/c1-24-14-5-2-9(17)6-11(14)16(23)21-20-15(22)8-25-10-3-4-12(18)13(19)7-10/h2-7H,8H2,1H3,(H,20,22)(H,21,23). The molecule has 0 aliphatic heterocycles. The van der Waals surface area contributed by atoms with E-state index in [-0.39, 0.29) is 12.2 Å². The molecule has 0 bridgehead atoms. The second-order valence-corrected chi connectivity index (χ2v) is 5.96. The summed E-state index contributed by atoms with van der Waals surface area (Å²) in [6.45, 7) is -0.328. The van der Waals surface area contributed by atoms with Crippen LogP contribution in [0.2, 0.25) is 15.1 Å². The average molecular weight is 404 g/mol. The maximum absolute atomic E-state index is 12.1. The molecule has 6 nitrogen and oxygen atoms in total. The summed E-state index contributed by atoms with van der Waals surface area (Å²) in [5.74, 6) is -0.460. The minimum Gasteiger partial charge on any atom is -0.496 e. The Balaban J connectivity index is 1.88. The van der Waals surface area contributed by atoms with Gasteiger partial charge in [-0.2, -0.15) is 0 Å². The predicted octanol–water partition coefficient (Wildman–Crippen LogP) is 3.50. The highest BCUT2D eigenvalue weighted by Crippen LogP contribution is 2.26. The van der Waals surface area contributed by atoms with Crippen LogP contribution in [0.15, 0.2) is 36.4 Å². The van der Waals surface area contributed by atoms with Gasteiger partial charge >= 0.3 is 0 Å². The fourth-order valence-corrected chi connectivity index (χ4v) is 2.26. The van der Waals surface area contributed by atoms with E-state index in [0.717, 1.165) is 0 Å². The van der Waals surface area contributed by atoms with E-state index in [1.807, 2.05) is 0 Å². The van der Waals surface area contributed by atoms with Crippen molar-refractivity contribution < 1.29 is 19.1 Å². The molecule has 0 heterocycles. The maximum Gasteiger partial charge on any atom is 0.276 e. The first-order valence-corrected chi connectivity index (χ1v) is 8.04. The normalized spacial score (nSPS) is 10.1. The van der Waals surface area contributed by atoms with E-state index in [0.29, 0.717) is 26.6 Å². The van der Waals surface area contributed by atoms with Crippen LogP contribution in [0.3, 0.4) is 0 Å². The monoisotopic (exact) mass is 402 g/mol. The number of methoxy groups -OCH3 is 1. The lowest BCUT2D eigenvalue weighted by atomic mass is 10.2. The number of hydrazine groups is 1. The Hall–Kier alpha value is -2.15. The summed E-state index contributed by atoms with van der Waals surface area (Å²) in [4.78, 5) is 23.9. The molecule has 0 aromatic heterocycles. The molecule has 0 fully saturated rings. The highest BCUT2D eigenvalue weighted by atomic mass is 35.5. The van der Waals surface area contributed by atoms with Gasteiger partial charge in [-0.15, -0.1) is 0 Å². The number of halogens is 3. The average Bonchev–Trinajstić information content (AvgIpc) is 2.60. The SMILES string of the molecule is COc1ccc(Cl)cc1C(=O)NNC(=O)COc1ccc(Cl)c(Cl)c1. The summed E-state index contributed by atoms with van der Waals surface area (Å²) < 4.78 is 10.3. The molecule has 2 aromatic rings. The van der Waals surface area contributed by atoms with Gasteiger partial charge in [0.05, 0.1) is 22.7 Å². The van der Waals surface area contributed by atoms with Crippen LogP contribution in [-0.4, -0.2) is 25.5 Å². The van der Waals surface area contributed by atoms with Crippen molar-refractivity contribution in [2.45, 2.75) is 0 Å². The molecule has 9 heteroatoms. The number of hydrogen-bond acceptors (Lipinski definition) is 4. The van der Waals surface area contributed by atoms with Gasteiger partial charge in [0.15, 0.2) is 6.61 Å². The molecular weight excluding hydrogens is 391 g/mol. The van der Waals surface area contributed by atoms with Crippen molar-refractivity contribution in [3.63, 3.8) is 0 Å². The summed E-state index contributed by atoms with van der Waals surface area (Å²) >= 11 is 17.5. The van der Waals surface area contributed by atoms with Crippen molar-refractivity contribution in [1.29, 1.82) is 0 Å².